The lowest BCUT2D eigenvalue weighted by molar-refractivity contribution is -0.127. The Morgan fingerprint density at radius 3 is 2.77 bits per heavy atom. The third-order valence-electron chi connectivity index (χ3n) is 3.37. The molecule has 1 fully saturated rings. The van der Waals surface area contributed by atoms with E-state index in [1.54, 1.807) is 25.3 Å². The van der Waals surface area contributed by atoms with Crippen LogP contribution in [0.3, 0.4) is 0 Å². The van der Waals surface area contributed by atoms with Gasteiger partial charge in [0.25, 0.3) is 0 Å². The smallest absolute Gasteiger partial charge is 0.243 e. The molecule has 1 amide bonds. The lowest BCUT2D eigenvalue weighted by atomic mass is 10.3. The topological polar surface area (TPSA) is 69.9 Å². The zero-order valence-corrected chi connectivity index (χ0v) is 15.5. The molecule has 2 rings (SSSR count). The molecule has 1 aromatic heterocycles. The summed E-state index contributed by atoms with van der Waals surface area (Å²) in [5, 5.41) is 6.54. The van der Waals surface area contributed by atoms with Crippen molar-refractivity contribution in [3.63, 3.8) is 0 Å². The number of hydrogen-bond donors (Lipinski definition) is 2. The van der Waals surface area contributed by atoms with E-state index in [2.05, 4.69) is 15.6 Å². The van der Waals surface area contributed by atoms with Gasteiger partial charge in [-0.2, -0.15) is 0 Å². The molecular weight excluding hydrogens is 395 g/mol. The van der Waals surface area contributed by atoms with Crippen molar-refractivity contribution in [3.8, 4) is 0 Å². The number of carbonyl (C=O) groups is 1. The molecule has 0 bridgehead atoms. The molecule has 0 aliphatic heterocycles. The molecule has 1 saturated carbocycles. The maximum atomic E-state index is 11.6. The molecule has 2 N–H and O–H groups in total. The molecule has 7 heteroatoms. The van der Waals surface area contributed by atoms with E-state index in [0.29, 0.717) is 5.96 Å². The number of guanidine groups is 1. The standard InChI is InChI=1S/C15H24N4O2.HI/c1-19(2)14(20)11-18-15(17-10-12-5-6-12)16-8-7-13-4-3-9-21-13;/h3-4,9,12H,5-8,10-11H2,1-2H3,(H2,16,17,18);1H. The highest BCUT2D eigenvalue weighted by atomic mass is 127. The number of aliphatic imine (C=N–C) groups is 1. The van der Waals surface area contributed by atoms with E-state index in [1.165, 1.54) is 12.8 Å². The van der Waals surface area contributed by atoms with E-state index >= 15 is 0 Å². The second-order valence-corrected chi connectivity index (χ2v) is 5.53. The third-order valence-corrected chi connectivity index (χ3v) is 3.37. The highest BCUT2D eigenvalue weighted by molar-refractivity contribution is 14.0. The van der Waals surface area contributed by atoms with Gasteiger partial charge in [0.15, 0.2) is 5.96 Å². The van der Waals surface area contributed by atoms with Gasteiger partial charge in [0, 0.05) is 33.6 Å². The van der Waals surface area contributed by atoms with Gasteiger partial charge in [0.1, 0.15) is 12.3 Å². The Hall–Kier alpha value is -1.25. The summed E-state index contributed by atoms with van der Waals surface area (Å²) in [6, 6.07) is 3.83. The minimum atomic E-state index is -0.00597. The summed E-state index contributed by atoms with van der Waals surface area (Å²) in [6.07, 6.45) is 5.02. The van der Waals surface area contributed by atoms with Gasteiger partial charge in [0.2, 0.25) is 5.91 Å². The summed E-state index contributed by atoms with van der Waals surface area (Å²) in [5.41, 5.74) is 0. The first-order valence-electron chi connectivity index (χ1n) is 7.40. The van der Waals surface area contributed by atoms with E-state index in [9.17, 15) is 4.79 Å². The number of hydrogen-bond acceptors (Lipinski definition) is 3. The predicted octanol–water partition coefficient (Wildman–Crippen LogP) is 1.47. The molecule has 0 unspecified atom stereocenters. The summed E-state index contributed by atoms with van der Waals surface area (Å²) in [6.45, 7) is 1.80. The summed E-state index contributed by atoms with van der Waals surface area (Å²) in [7, 11) is 3.47. The van der Waals surface area contributed by atoms with Gasteiger partial charge in [0.05, 0.1) is 6.26 Å². The maximum Gasteiger partial charge on any atom is 0.243 e. The van der Waals surface area contributed by atoms with Crippen LogP contribution in [0.15, 0.2) is 27.8 Å². The average Bonchev–Trinajstić information content (AvgIpc) is 3.15. The van der Waals surface area contributed by atoms with E-state index in [4.69, 9.17) is 4.42 Å². The van der Waals surface area contributed by atoms with Crippen molar-refractivity contribution >= 4 is 35.8 Å². The van der Waals surface area contributed by atoms with Crippen LogP contribution < -0.4 is 10.6 Å². The monoisotopic (exact) mass is 420 g/mol. The molecule has 1 aromatic rings. The van der Waals surface area contributed by atoms with Crippen LogP contribution in [0, 0.1) is 5.92 Å². The van der Waals surface area contributed by atoms with Gasteiger partial charge in [-0.3, -0.25) is 4.79 Å². The molecule has 0 saturated heterocycles. The Bertz CT molecular complexity index is 470. The van der Waals surface area contributed by atoms with E-state index < -0.39 is 0 Å². The van der Waals surface area contributed by atoms with Crippen molar-refractivity contribution in [3.05, 3.63) is 24.2 Å². The van der Waals surface area contributed by atoms with Crippen molar-refractivity contribution in [1.82, 2.24) is 15.5 Å². The second kappa shape index (κ2) is 9.70. The van der Waals surface area contributed by atoms with Gasteiger partial charge in [-0.15, -0.1) is 24.0 Å². The molecule has 0 radical (unpaired) electrons. The minimum absolute atomic E-state index is 0. The van der Waals surface area contributed by atoms with E-state index in [-0.39, 0.29) is 36.4 Å². The summed E-state index contributed by atoms with van der Waals surface area (Å²) in [4.78, 5) is 17.5. The number of nitrogens with one attached hydrogen (secondary N) is 2. The molecule has 124 valence electrons. The zero-order chi connectivity index (χ0) is 15.1. The van der Waals surface area contributed by atoms with Gasteiger partial charge in [-0.1, -0.05) is 0 Å². The van der Waals surface area contributed by atoms with Gasteiger partial charge in [-0.05, 0) is 30.9 Å². The number of furan rings is 1. The third kappa shape index (κ3) is 7.15. The lowest BCUT2D eigenvalue weighted by Crippen LogP contribution is -2.40. The molecule has 1 aliphatic rings. The first-order valence-corrected chi connectivity index (χ1v) is 7.40. The van der Waals surface area contributed by atoms with Crippen LogP contribution in [0.4, 0.5) is 0 Å². The molecular formula is C15H25IN4O2. The second-order valence-electron chi connectivity index (χ2n) is 5.53. The fourth-order valence-electron chi connectivity index (χ4n) is 1.78. The van der Waals surface area contributed by atoms with Crippen molar-refractivity contribution in [2.75, 3.05) is 33.7 Å². The van der Waals surface area contributed by atoms with Crippen LogP contribution >= 0.6 is 24.0 Å². The number of carbonyl (C=O) groups excluding carboxylic acids is 1. The van der Waals surface area contributed by atoms with Crippen LogP contribution in [0.2, 0.25) is 0 Å². The van der Waals surface area contributed by atoms with E-state index in [0.717, 1.165) is 31.2 Å². The Labute approximate surface area is 148 Å². The number of rotatable bonds is 7. The Kier molecular flexibility index (Phi) is 8.29. The van der Waals surface area contributed by atoms with E-state index in [1.807, 2.05) is 12.1 Å². The number of likely N-dealkylation sites (N-methyl/N-ethyl adjacent to an activating group) is 1. The molecule has 0 spiro atoms. The quantitative estimate of drug-likeness (QED) is 0.398. The van der Waals surface area contributed by atoms with Crippen molar-refractivity contribution in [2.45, 2.75) is 19.3 Å². The van der Waals surface area contributed by atoms with Crippen LogP contribution in [0.5, 0.6) is 0 Å². The number of halogens is 1. The Morgan fingerprint density at radius 1 is 1.41 bits per heavy atom. The molecule has 6 nitrogen and oxygen atoms in total. The number of amides is 1. The minimum Gasteiger partial charge on any atom is -0.469 e. The van der Waals surface area contributed by atoms with Crippen LogP contribution in [-0.2, 0) is 11.2 Å². The first kappa shape index (κ1) is 18.8. The molecule has 0 aromatic carbocycles. The van der Waals surface area contributed by atoms with Gasteiger partial charge in [-0.25, -0.2) is 4.99 Å². The molecule has 22 heavy (non-hydrogen) atoms. The first-order chi connectivity index (χ1) is 10.1. The van der Waals surface area contributed by atoms with Gasteiger partial charge >= 0.3 is 0 Å². The summed E-state index contributed by atoms with van der Waals surface area (Å²) >= 11 is 0. The van der Waals surface area contributed by atoms with Crippen LogP contribution in [0.1, 0.15) is 18.6 Å². The van der Waals surface area contributed by atoms with Crippen LogP contribution in [0.25, 0.3) is 0 Å². The van der Waals surface area contributed by atoms with Crippen molar-refractivity contribution in [1.29, 1.82) is 0 Å². The fraction of sp³-hybridized carbons (Fsp3) is 0.600. The average molecular weight is 420 g/mol. The SMILES string of the molecule is CN(C)C(=O)CN=C(NCCc1ccco1)NCC1CC1.I. The predicted molar refractivity (Wildman–Crippen MR) is 97.6 cm³/mol. The van der Waals surface area contributed by atoms with Crippen LogP contribution in [-0.4, -0.2) is 50.5 Å². The largest absolute Gasteiger partial charge is 0.469 e. The highest BCUT2D eigenvalue weighted by Gasteiger charge is 2.21. The summed E-state index contributed by atoms with van der Waals surface area (Å²) in [5.74, 6) is 2.39. The van der Waals surface area contributed by atoms with Gasteiger partial charge < -0.3 is 20.0 Å². The molecule has 1 aliphatic carbocycles. The lowest BCUT2D eigenvalue weighted by Gasteiger charge is -2.13. The zero-order valence-electron chi connectivity index (χ0n) is 13.2. The van der Waals surface area contributed by atoms with Crippen molar-refractivity contribution < 1.29 is 9.21 Å². The summed E-state index contributed by atoms with van der Waals surface area (Å²) < 4.78 is 5.29. The van der Waals surface area contributed by atoms with Crippen molar-refractivity contribution in [2.24, 2.45) is 10.9 Å². The normalized spacial score (nSPS) is 14.2. The fourth-order valence-corrected chi connectivity index (χ4v) is 1.78. The highest BCUT2D eigenvalue weighted by Crippen LogP contribution is 2.27. The molecule has 0 atom stereocenters. The Morgan fingerprint density at radius 2 is 2.18 bits per heavy atom. The Balaban J connectivity index is 0.00000242. The number of nitrogens with zero attached hydrogens (tertiary/aromatic N) is 2. The maximum absolute atomic E-state index is 11.6. The molecule has 1 heterocycles.